The first-order chi connectivity index (χ1) is 9.43. The number of hydrogen-bond donors (Lipinski definition) is 0. The normalized spacial score (nSPS) is 11.6. The van der Waals surface area contributed by atoms with E-state index in [0.717, 1.165) is 0 Å². The number of esters is 1. The molecule has 0 atom stereocenters. The smallest absolute Gasteiger partial charge is 0.360 e. The van der Waals surface area contributed by atoms with E-state index in [9.17, 15) is 4.79 Å². The third kappa shape index (κ3) is 2.84. The minimum atomic E-state index is -0.478. The summed E-state index contributed by atoms with van der Waals surface area (Å²) in [7, 11) is 0. The third-order valence-corrected chi connectivity index (χ3v) is 2.61. The van der Waals surface area contributed by atoms with Crippen molar-refractivity contribution in [3.05, 3.63) is 23.6 Å². The van der Waals surface area contributed by atoms with Gasteiger partial charge in [0.25, 0.3) is 0 Å². The van der Waals surface area contributed by atoms with Crippen LogP contribution >= 0.6 is 0 Å². The van der Waals surface area contributed by atoms with Gasteiger partial charge >= 0.3 is 5.97 Å². The Kier molecular flexibility index (Phi) is 3.82. The number of rotatable bonds is 4. The van der Waals surface area contributed by atoms with Gasteiger partial charge < -0.3 is 9.26 Å². The lowest BCUT2D eigenvalue weighted by Gasteiger charge is -2.20. The number of ether oxygens (including phenoxy) is 1. The fourth-order valence-corrected chi connectivity index (χ4v) is 1.90. The quantitative estimate of drug-likeness (QED) is 0.775. The van der Waals surface area contributed by atoms with Crippen molar-refractivity contribution in [2.24, 2.45) is 0 Å². The zero-order chi connectivity index (χ0) is 14.8. The summed E-state index contributed by atoms with van der Waals surface area (Å²) in [4.78, 5) is 15.9. The van der Waals surface area contributed by atoms with E-state index in [0.29, 0.717) is 18.2 Å². The maximum absolute atomic E-state index is 11.9. The van der Waals surface area contributed by atoms with Gasteiger partial charge in [-0.05, 0) is 6.92 Å². The maximum Gasteiger partial charge on any atom is 0.360 e. The van der Waals surface area contributed by atoms with Crippen LogP contribution in [0, 0.1) is 0 Å². The minimum Gasteiger partial charge on any atom is -0.461 e. The first-order valence-corrected chi connectivity index (χ1v) is 6.30. The number of hydrogen-bond acceptors (Lipinski definition) is 7. The molecule has 0 aliphatic heterocycles. The zero-order valence-corrected chi connectivity index (χ0v) is 12.0. The Balaban J connectivity index is 2.40. The highest BCUT2D eigenvalue weighted by Crippen LogP contribution is 2.25. The van der Waals surface area contributed by atoms with Gasteiger partial charge in [-0.15, -0.1) is 5.10 Å². The molecule has 0 unspecified atom stereocenters. The zero-order valence-electron chi connectivity index (χ0n) is 12.0. The molecule has 8 heteroatoms. The van der Waals surface area contributed by atoms with E-state index >= 15 is 0 Å². The monoisotopic (exact) mass is 279 g/mol. The van der Waals surface area contributed by atoms with Gasteiger partial charge in [-0.3, -0.25) is 0 Å². The van der Waals surface area contributed by atoms with Crippen LogP contribution in [0.15, 0.2) is 10.9 Å². The first kappa shape index (κ1) is 14.2. The molecule has 2 rings (SSSR count). The van der Waals surface area contributed by atoms with Crippen molar-refractivity contribution in [1.29, 1.82) is 0 Å². The van der Waals surface area contributed by atoms with Crippen LogP contribution in [0.2, 0.25) is 0 Å². The Morgan fingerprint density at radius 2 is 2.20 bits per heavy atom. The van der Waals surface area contributed by atoms with Crippen LogP contribution in [0.3, 0.4) is 0 Å². The van der Waals surface area contributed by atoms with Crippen LogP contribution < -0.4 is 0 Å². The second-order valence-electron chi connectivity index (χ2n) is 5.25. The van der Waals surface area contributed by atoms with Crippen molar-refractivity contribution in [2.75, 3.05) is 6.61 Å². The summed E-state index contributed by atoms with van der Waals surface area (Å²) < 4.78 is 11.5. The van der Waals surface area contributed by atoms with Gasteiger partial charge in [0.2, 0.25) is 5.89 Å². The van der Waals surface area contributed by atoms with Crippen LogP contribution in [0.4, 0.5) is 0 Å². The molecule has 2 heterocycles. The molecule has 0 aliphatic rings. The van der Waals surface area contributed by atoms with Crippen molar-refractivity contribution >= 4 is 5.97 Å². The highest BCUT2D eigenvalue weighted by atomic mass is 16.5. The van der Waals surface area contributed by atoms with Crippen molar-refractivity contribution in [1.82, 2.24) is 25.1 Å². The Hall–Kier alpha value is -2.25. The Morgan fingerprint density at radius 1 is 1.45 bits per heavy atom. The molecule has 0 spiro atoms. The largest absolute Gasteiger partial charge is 0.461 e. The number of aromatic nitrogens is 5. The molecule has 0 amide bonds. The Labute approximate surface area is 116 Å². The molecule has 8 nitrogen and oxygen atoms in total. The molecule has 0 aromatic carbocycles. The van der Waals surface area contributed by atoms with E-state index in [4.69, 9.17) is 9.26 Å². The molecular weight excluding hydrogens is 262 g/mol. The summed E-state index contributed by atoms with van der Waals surface area (Å²) in [6.45, 7) is 8.21. The van der Waals surface area contributed by atoms with Gasteiger partial charge in [-0.1, -0.05) is 31.1 Å². The lowest BCUT2D eigenvalue weighted by atomic mass is 9.90. The van der Waals surface area contributed by atoms with Gasteiger partial charge in [0.05, 0.1) is 12.3 Å². The Morgan fingerprint density at radius 3 is 2.75 bits per heavy atom. The fraction of sp³-hybridized carbons (Fsp3) is 0.583. The predicted molar refractivity (Wildman–Crippen MR) is 68.1 cm³/mol. The van der Waals surface area contributed by atoms with Crippen LogP contribution in [-0.4, -0.2) is 37.7 Å². The molecule has 0 saturated carbocycles. The minimum absolute atomic E-state index is 0.221. The third-order valence-electron chi connectivity index (χ3n) is 2.61. The van der Waals surface area contributed by atoms with E-state index in [1.165, 1.54) is 6.33 Å². The molecular formula is C12H17N5O3. The highest BCUT2D eigenvalue weighted by Gasteiger charge is 2.30. The summed E-state index contributed by atoms with van der Waals surface area (Å²) >= 11 is 0. The summed E-state index contributed by atoms with van der Waals surface area (Å²) in [5.41, 5.74) is 0.569. The van der Waals surface area contributed by atoms with E-state index < -0.39 is 5.97 Å². The van der Waals surface area contributed by atoms with E-state index in [1.54, 1.807) is 11.6 Å². The standard InChI is InChI=1S/C12H17N5O3/c1-5-19-11(18)9-10(12(2,3)4)17(16-15-9)6-8-13-7-14-20-8/h7H,5-6H2,1-4H3. The van der Waals surface area contributed by atoms with Crippen LogP contribution in [0.25, 0.3) is 0 Å². The van der Waals surface area contributed by atoms with Crippen LogP contribution in [0.5, 0.6) is 0 Å². The Bertz CT molecular complexity index is 583. The van der Waals surface area contributed by atoms with Gasteiger partial charge in [-0.2, -0.15) is 4.98 Å². The van der Waals surface area contributed by atoms with Crippen molar-refractivity contribution in [3.8, 4) is 0 Å². The van der Waals surface area contributed by atoms with E-state index in [1.807, 2.05) is 20.8 Å². The molecule has 2 aromatic heterocycles. The molecule has 108 valence electrons. The lowest BCUT2D eigenvalue weighted by Crippen LogP contribution is -2.23. The molecule has 20 heavy (non-hydrogen) atoms. The molecule has 2 aromatic rings. The topological polar surface area (TPSA) is 95.9 Å². The summed E-state index contributed by atoms with van der Waals surface area (Å²) in [5.74, 6) is -0.0787. The van der Waals surface area contributed by atoms with E-state index in [2.05, 4.69) is 20.5 Å². The van der Waals surface area contributed by atoms with Crippen molar-refractivity contribution < 1.29 is 14.1 Å². The number of carbonyl (C=O) groups excluding carboxylic acids is 1. The molecule has 0 N–H and O–H groups in total. The van der Waals surface area contributed by atoms with Crippen molar-refractivity contribution in [2.45, 2.75) is 39.7 Å². The molecule has 0 bridgehead atoms. The number of nitrogens with zero attached hydrogens (tertiary/aromatic N) is 5. The fourth-order valence-electron chi connectivity index (χ4n) is 1.90. The molecule has 0 saturated heterocycles. The van der Waals surface area contributed by atoms with Gasteiger partial charge in [0.15, 0.2) is 12.0 Å². The highest BCUT2D eigenvalue weighted by molar-refractivity contribution is 5.88. The molecule has 0 radical (unpaired) electrons. The van der Waals surface area contributed by atoms with Crippen LogP contribution in [0.1, 0.15) is 49.8 Å². The first-order valence-electron chi connectivity index (χ1n) is 6.30. The molecule has 0 aliphatic carbocycles. The average Bonchev–Trinajstić information content (AvgIpc) is 2.98. The summed E-state index contributed by atoms with van der Waals surface area (Å²) in [5, 5.41) is 11.5. The van der Waals surface area contributed by atoms with Gasteiger partial charge in [-0.25, -0.2) is 9.48 Å². The summed E-state index contributed by atoms with van der Waals surface area (Å²) in [6.07, 6.45) is 1.31. The lowest BCUT2D eigenvalue weighted by molar-refractivity contribution is 0.0516. The van der Waals surface area contributed by atoms with Gasteiger partial charge in [0.1, 0.15) is 6.54 Å². The second kappa shape index (κ2) is 5.40. The van der Waals surface area contributed by atoms with Gasteiger partial charge in [0, 0.05) is 5.41 Å². The van der Waals surface area contributed by atoms with E-state index in [-0.39, 0.29) is 17.7 Å². The SMILES string of the molecule is CCOC(=O)c1nnn(Cc2ncno2)c1C(C)(C)C. The van der Waals surface area contributed by atoms with Crippen LogP contribution in [-0.2, 0) is 16.7 Å². The molecule has 0 fully saturated rings. The predicted octanol–water partition coefficient (Wildman–Crippen LogP) is 1.18. The second-order valence-corrected chi connectivity index (χ2v) is 5.25. The van der Waals surface area contributed by atoms with Crippen molar-refractivity contribution in [3.63, 3.8) is 0 Å². The average molecular weight is 279 g/mol. The number of carbonyl (C=O) groups is 1. The maximum atomic E-state index is 11.9. The summed E-state index contributed by atoms with van der Waals surface area (Å²) in [6, 6.07) is 0.